The predicted molar refractivity (Wildman–Crippen MR) is 77.0 cm³/mol. The van der Waals surface area contributed by atoms with E-state index in [0.29, 0.717) is 6.04 Å². The van der Waals surface area contributed by atoms with Crippen LogP contribution in [0.2, 0.25) is 0 Å². The Labute approximate surface area is 121 Å². The van der Waals surface area contributed by atoms with Crippen LogP contribution in [0, 0.1) is 0 Å². The van der Waals surface area contributed by atoms with E-state index in [4.69, 9.17) is 0 Å². The molecule has 0 spiro atoms. The Hall–Kier alpha value is -1.51. The Morgan fingerprint density at radius 1 is 1.40 bits per heavy atom. The SMILES string of the molecule is O=S(=O)(Nc1cccnn1)c1csc(CNC2CC2)c1. The number of anilines is 1. The highest BCUT2D eigenvalue weighted by atomic mass is 32.2. The van der Waals surface area contributed by atoms with Gasteiger partial charge in [-0.05, 0) is 31.0 Å². The van der Waals surface area contributed by atoms with Gasteiger partial charge >= 0.3 is 0 Å². The van der Waals surface area contributed by atoms with E-state index < -0.39 is 10.0 Å². The molecule has 6 nitrogen and oxygen atoms in total. The van der Waals surface area contributed by atoms with E-state index in [1.807, 2.05) is 0 Å². The van der Waals surface area contributed by atoms with Crippen molar-refractivity contribution in [3.63, 3.8) is 0 Å². The van der Waals surface area contributed by atoms with Crippen molar-refractivity contribution in [2.45, 2.75) is 30.3 Å². The summed E-state index contributed by atoms with van der Waals surface area (Å²) in [7, 11) is -3.59. The molecule has 2 aromatic heterocycles. The Kier molecular flexibility index (Phi) is 3.68. The number of sulfonamides is 1. The van der Waals surface area contributed by atoms with E-state index in [2.05, 4.69) is 20.2 Å². The van der Waals surface area contributed by atoms with Crippen LogP contribution in [-0.4, -0.2) is 24.7 Å². The molecule has 3 rings (SSSR count). The molecule has 0 unspecified atom stereocenters. The summed E-state index contributed by atoms with van der Waals surface area (Å²) in [5, 5.41) is 12.4. The van der Waals surface area contributed by atoms with Gasteiger partial charge in [-0.1, -0.05) is 0 Å². The van der Waals surface area contributed by atoms with E-state index in [0.717, 1.165) is 11.4 Å². The van der Waals surface area contributed by atoms with Gasteiger partial charge in [0.25, 0.3) is 10.0 Å². The maximum Gasteiger partial charge on any atom is 0.263 e. The molecule has 2 heterocycles. The average molecular weight is 310 g/mol. The molecular formula is C12H14N4O2S2. The number of thiophene rings is 1. The Bertz CT molecular complexity index is 680. The molecule has 1 fully saturated rings. The third-order valence-corrected chi connectivity index (χ3v) is 5.31. The smallest absolute Gasteiger partial charge is 0.263 e. The first kappa shape index (κ1) is 13.5. The van der Waals surface area contributed by atoms with Gasteiger partial charge in [0.05, 0.1) is 4.90 Å². The summed E-state index contributed by atoms with van der Waals surface area (Å²) >= 11 is 1.44. The van der Waals surface area contributed by atoms with Crippen LogP contribution in [0.5, 0.6) is 0 Å². The normalized spacial score (nSPS) is 15.2. The van der Waals surface area contributed by atoms with Gasteiger partial charge < -0.3 is 5.32 Å². The first-order valence-corrected chi connectivity index (χ1v) is 8.61. The summed E-state index contributed by atoms with van der Waals surface area (Å²) < 4.78 is 26.8. The maximum atomic E-state index is 12.2. The Balaban J connectivity index is 1.70. The summed E-state index contributed by atoms with van der Waals surface area (Å²) in [5.41, 5.74) is 0. The lowest BCUT2D eigenvalue weighted by atomic mass is 10.4. The number of nitrogens with zero attached hydrogens (tertiary/aromatic N) is 2. The van der Waals surface area contributed by atoms with Crippen molar-refractivity contribution >= 4 is 27.2 Å². The molecule has 0 atom stereocenters. The molecule has 0 bridgehead atoms. The van der Waals surface area contributed by atoms with Crippen LogP contribution in [0.15, 0.2) is 34.7 Å². The van der Waals surface area contributed by atoms with Crippen molar-refractivity contribution in [1.82, 2.24) is 15.5 Å². The highest BCUT2D eigenvalue weighted by Crippen LogP contribution is 2.23. The fourth-order valence-electron chi connectivity index (χ4n) is 1.68. The second kappa shape index (κ2) is 5.47. The van der Waals surface area contributed by atoms with Crippen LogP contribution < -0.4 is 10.0 Å². The van der Waals surface area contributed by atoms with Crippen molar-refractivity contribution in [2.75, 3.05) is 4.72 Å². The van der Waals surface area contributed by atoms with E-state index in [9.17, 15) is 8.42 Å². The molecule has 0 radical (unpaired) electrons. The zero-order valence-electron chi connectivity index (χ0n) is 10.6. The van der Waals surface area contributed by atoms with Crippen molar-refractivity contribution in [2.24, 2.45) is 0 Å². The molecule has 0 aromatic carbocycles. The Morgan fingerprint density at radius 2 is 2.25 bits per heavy atom. The van der Waals surface area contributed by atoms with Crippen molar-refractivity contribution in [3.05, 3.63) is 34.7 Å². The van der Waals surface area contributed by atoms with Gasteiger partial charge in [0.2, 0.25) is 0 Å². The minimum absolute atomic E-state index is 0.219. The van der Waals surface area contributed by atoms with Gasteiger partial charge in [-0.15, -0.1) is 16.4 Å². The third-order valence-electron chi connectivity index (χ3n) is 2.89. The fourth-order valence-corrected chi connectivity index (χ4v) is 3.90. The van der Waals surface area contributed by atoms with Crippen LogP contribution >= 0.6 is 11.3 Å². The lowest BCUT2D eigenvalue weighted by molar-refractivity contribution is 0.601. The molecule has 106 valence electrons. The van der Waals surface area contributed by atoms with Gasteiger partial charge in [0, 0.05) is 29.0 Å². The molecule has 2 aromatic rings. The molecule has 0 aliphatic heterocycles. The minimum Gasteiger partial charge on any atom is -0.309 e. The fraction of sp³-hybridized carbons (Fsp3) is 0.333. The zero-order valence-corrected chi connectivity index (χ0v) is 12.2. The second-order valence-corrected chi connectivity index (χ2v) is 7.30. The van der Waals surface area contributed by atoms with E-state index in [1.165, 1.54) is 30.4 Å². The van der Waals surface area contributed by atoms with Crippen molar-refractivity contribution in [3.8, 4) is 0 Å². The van der Waals surface area contributed by atoms with Gasteiger partial charge in [-0.2, -0.15) is 5.10 Å². The van der Waals surface area contributed by atoms with E-state index in [1.54, 1.807) is 23.6 Å². The molecule has 0 amide bonds. The van der Waals surface area contributed by atoms with E-state index in [-0.39, 0.29) is 10.7 Å². The van der Waals surface area contributed by atoms with Crippen LogP contribution in [-0.2, 0) is 16.6 Å². The highest BCUT2D eigenvalue weighted by Gasteiger charge is 2.21. The van der Waals surface area contributed by atoms with Crippen LogP contribution in [0.3, 0.4) is 0 Å². The van der Waals surface area contributed by atoms with Crippen molar-refractivity contribution in [1.29, 1.82) is 0 Å². The summed E-state index contributed by atoms with van der Waals surface area (Å²) in [6.45, 7) is 0.718. The summed E-state index contributed by atoms with van der Waals surface area (Å²) in [6, 6.07) is 5.49. The number of nitrogens with one attached hydrogen (secondary N) is 2. The van der Waals surface area contributed by atoms with Crippen molar-refractivity contribution < 1.29 is 8.42 Å². The molecule has 1 aliphatic rings. The largest absolute Gasteiger partial charge is 0.309 e. The lowest BCUT2D eigenvalue weighted by Crippen LogP contribution is -2.15. The average Bonchev–Trinajstić information content (AvgIpc) is 3.13. The molecule has 2 N–H and O–H groups in total. The standard InChI is InChI=1S/C12H14N4O2S2/c17-20(18,16-12-2-1-5-14-15-12)11-6-10(19-8-11)7-13-9-3-4-9/h1-2,5-6,8-9,13H,3-4,7H2,(H,15,16). The first-order valence-electron chi connectivity index (χ1n) is 6.25. The van der Waals surface area contributed by atoms with Gasteiger partial charge in [-0.3, -0.25) is 4.72 Å². The highest BCUT2D eigenvalue weighted by molar-refractivity contribution is 7.92. The van der Waals surface area contributed by atoms with Crippen LogP contribution in [0.1, 0.15) is 17.7 Å². The Morgan fingerprint density at radius 3 is 2.95 bits per heavy atom. The van der Waals surface area contributed by atoms with Gasteiger partial charge in [0.15, 0.2) is 5.82 Å². The third kappa shape index (κ3) is 3.33. The molecular weight excluding hydrogens is 296 g/mol. The number of hydrogen-bond acceptors (Lipinski definition) is 6. The molecule has 8 heteroatoms. The molecule has 0 saturated heterocycles. The summed E-state index contributed by atoms with van der Waals surface area (Å²) in [5.74, 6) is 0.219. The number of rotatable bonds is 6. The second-order valence-electron chi connectivity index (χ2n) is 4.62. The number of hydrogen-bond donors (Lipinski definition) is 2. The zero-order chi connectivity index (χ0) is 14.0. The lowest BCUT2D eigenvalue weighted by Gasteiger charge is -2.04. The number of aromatic nitrogens is 2. The van der Waals surface area contributed by atoms with Crippen LogP contribution in [0.4, 0.5) is 5.82 Å². The maximum absolute atomic E-state index is 12.2. The topological polar surface area (TPSA) is 84.0 Å². The molecule has 1 saturated carbocycles. The quantitative estimate of drug-likeness (QED) is 0.846. The van der Waals surface area contributed by atoms with Gasteiger partial charge in [-0.25, -0.2) is 8.42 Å². The summed E-state index contributed by atoms with van der Waals surface area (Å²) in [6.07, 6.45) is 3.92. The first-order chi connectivity index (χ1) is 9.63. The monoisotopic (exact) mass is 310 g/mol. The molecule has 1 aliphatic carbocycles. The summed E-state index contributed by atoms with van der Waals surface area (Å²) in [4.78, 5) is 1.28. The van der Waals surface area contributed by atoms with Crippen LogP contribution in [0.25, 0.3) is 0 Å². The minimum atomic E-state index is -3.59. The predicted octanol–water partition coefficient (Wildman–Crippen LogP) is 1.59. The molecule has 20 heavy (non-hydrogen) atoms. The van der Waals surface area contributed by atoms with Gasteiger partial charge in [0.1, 0.15) is 0 Å². The van der Waals surface area contributed by atoms with E-state index >= 15 is 0 Å².